The predicted molar refractivity (Wildman–Crippen MR) is 74.0 cm³/mol. The van der Waals surface area contributed by atoms with Crippen LogP contribution < -0.4 is 5.32 Å². The third-order valence-electron chi connectivity index (χ3n) is 3.22. The Morgan fingerprint density at radius 1 is 1.74 bits per heavy atom. The van der Waals surface area contributed by atoms with Gasteiger partial charge in [-0.3, -0.25) is 9.69 Å². The Labute approximate surface area is 116 Å². The van der Waals surface area contributed by atoms with Gasteiger partial charge in [0, 0.05) is 26.1 Å². The molecule has 2 N–H and O–H groups in total. The lowest BCUT2D eigenvalue weighted by Gasteiger charge is -2.18. The summed E-state index contributed by atoms with van der Waals surface area (Å²) >= 11 is 1.35. The molecule has 5 nitrogen and oxygen atoms in total. The number of nitrogens with one attached hydrogen (secondary N) is 1. The Bertz CT molecular complexity index is 504. The first-order valence-corrected chi connectivity index (χ1v) is 7.10. The van der Waals surface area contributed by atoms with Crippen LogP contribution in [0.15, 0.2) is 11.4 Å². The first kappa shape index (κ1) is 14.0. The van der Waals surface area contributed by atoms with E-state index in [1.54, 1.807) is 11.4 Å². The fourth-order valence-corrected chi connectivity index (χ4v) is 2.93. The molecule has 1 saturated heterocycles. The highest BCUT2D eigenvalue weighted by atomic mass is 32.1. The van der Waals surface area contributed by atoms with Crippen molar-refractivity contribution in [1.82, 2.24) is 4.90 Å². The molecule has 1 aliphatic rings. The fraction of sp³-hybridized carbons (Fsp3) is 0.538. The van der Waals surface area contributed by atoms with Crippen molar-refractivity contribution in [1.29, 1.82) is 5.26 Å². The third kappa shape index (κ3) is 3.77. The van der Waals surface area contributed by atoms with E-state index in [4.69, 9.17) is 5.26 Å². The average Bonchev–Trinajstić information content (AvgIpc) is 2.93. The smallest absolute Gasteiger partial charge is 0.226 e. The highest BCUT2D eigenvalue weighted by Gasteiger charge is 2.31. The molecule has 1 aromatic heterocycles. The molecule has 0 aromatic carbocycles. The molecule has 1 amide bonds. The summed E-state index contributed by atoms with van der Waals surface area (Å²) in [6.45, 7) is 3.89. The molecule has 0 aliphatic carbocycles. The van der Waals surface area contributed by atoms with Crippen LogP contribution in [-0.4, -0.2) is 41.1 Å². The monoisotopic (exact) mass is 279 g/mol. The number of carbonyl (C=O) groups is 1. The zero-order valence-electron chi connectivity index (χ0n) is 10.8. The van der Waals surface area contributed by atoms with Gasteiger partial charge in [-0.15, -0.1) is 11.3 Å². The fourth-order valence-electron chi connectivity index (χ4n) is 2.17. The largest absolute Gasteiger partial charge is 0.389 e. The minimum absolute atomic E-state index is 0.0921. The van der Waals surface area contributed by atoms with Crippen LogP contribution >= 0.6 is 11.3 Å². The summed E-state index contributed by atoms with van der Waals surface area (Å²) in [7, 11) is 0. The van der Waals surface area contributed by atoms with Crippen molar-refractivity contribution in [2.45, 2.75) is 25.4 Å². The van der Waals surface area contributed by atoms with E-state index in [2.05, 4.69) is 10.2 Å². The molecule has 1 atom stereocenters. The van der Waals surface area contributed by atoms with E-state index in [1.807, 2.05) is 13.0 Å². The minimum Gasteiger partial charge on any atom is -0.389 e. The van der Waals surface area contributed by atoms with E-state index < -0.39 is 5.60 Å². The van der Waals surface area contributed by atoms with Gasteiger partial charge < -0.3 is 10.4 Å². The first-order chi connectivity index (χ1) is 9.00. The second kappa shape index (κ2) is 5.70. The van der Waals surface area contributed by atoms with Gasteiger partial charge in [0.05, 0.1) is 11.2 Å². The van der Waals surface area contributed by atoms with Gasteiger partial charge in [0.25, 0.3) is 0 Å². The van der Waals surface area contributed by atoms with E-state index in [-0.39, 0.29) is 5.91 Å². The zero-order chi connectivity index (χ0) is 13.9. The van der Waals surface area contributed by atoms with E-state index in [0.29, 0.717) is 30.1 Å². The van der Waals surface area contributed by atoms with Gasteiger partial charge >= 0.3 is 0 Å². The predicted octanol–water partition coefficient (Wildman–Crippen LogP) is 1.41. The lowest BCUT2D eigenvalue weighted by molar-refractivity contribution is -0.116. The van der Waals surface area contributed by atoms with Gasteiger partial charge in [-0.05, 0) is 24.8 Å². The Hall–Kier alpha value is -1.42. The summed E-state index contributed by atoms with van der Waals surface area (Å²) in [5.41, 5.74) is -0.125. The number of β-amino-alcohol motifs (C(OH)–C–C–N with tert-alkyl or cyclic N) is 1. The number of hydrogen-bond donors (Lipinski definition) is 2. The van der Waals surface area contributed by atoms with Gasteiger partial charge in [-0.2, -0.15) is 5.26 Å². The highest BCUT2D eigenvalue weighted by Crippen LogP contribution is 2.23. The van der Waals surface area contributed by atoms with E-state index in [1.165, 1.54) is 11.3 Å². The number of carbonyl (C=O) groups excluding carboxylic acids is 1. The SMILES string of the molecule is CC1(O)CCN(CCC(=O)Nc2sccc2C#N)C1. The molecule has 2 rings (SSSR count). The van der Waals surface area contributed by atoms with Crippen LogP contribution in [0.1, 0.15) is 25.3 Å². The summed E-state index contributed by atoms with van der Waals surface area (Å²) in [5, 5.41) is 23.8. The van der Waals surface area contributed by atoms with Crippen molar-refractivity contribution < 1.29 is 9.90 Å². The second-order valence-corrected chi connectivity index (χ2v) is 6.01. The lowest BCUT2D eigenvalue weighted by atomic mass is 10.1. The summed E-state index contributed by atoms with van der Waals surface area (Å²) in [4.78, 5) is 13.9. The maximum absolute atomic E-state index is 11.8. The second-order valence-electron chi connectivity index (χ2n) is 5.10. The number of likely N-dealkylation sites (tertiary alicyclic amines) is 1. The minimum atomic E-state index is -0.627. The maximum atomic E-state index is 11.8. The van der Waals surface area contributed by atoms with Crippen molar-refractivity contribution in [2.24, 2.45) is 0 Å². The van der Waals surface area contributed by atoms with Crippen LogP contribution in [0.25, 0.3) is 0 Å². The van der Waals surface area contributed by atoms with Crippen molar-refractivity contribution in [3.05, 3.63) is 17.0 Å². The average molecular weight is 279 g/mol. The topological polar surface area (TPSA) is 76.4 Å². The van der Waals surface area contributed by atoms with Gasteiger partial charge in [0.1, 0.15) is 11.1 Å². The standard InChI is InChI=1S/C13H17N3O2S/c1-13(18)4-6-16(9-13)5-2-11(17)15-12-10(8-14)3-7-19-12/h3,7,18H,2,4-6,9H2,1H3,(H,15,17). The van der Waals surface area contributed by atoms with Crippen molar-refractivity contribution in [3.63, 3.8) is 0 Å². The summed E-state index contributed by atoms with van der Waals surface area (Å²) in [6.07, 6.45) is 1.12. The normalized spacial score (nSPS) is 23.2. The Kier molecular flexibility index (Phi) is 4.20. The molecule has 6 heteroatoms. The number of nitrogens with zero attached hydrogens (tertiary/aromatic N) is 2. The Balaban J connectivity index is 1.78. The van der Waals surface area contributed by atoms with E-state index in [0.717, 1.165) is 13.0 Å². The lowest BCUT2D eigenvalue weighted by Crippen LogP contribution is -2.31. The Morgan fingerprint density at radius 3 is 3.16 bits per heavy atom. The van der Waals surface area contributed by atoms with Crippen LogP contribution in [0, 0.1) is 11.3 Å². The van der Waals surface area contributed by atoms with Gasteiger partial charge in [-0.25, -0.2) is 0 Å². The molecular weight excluding hydrogens is 262 g/mol. The number of thiophene rings is 1. The maximum Gasteiger partial charge on any atom is 0.226 e. The molecule has 1 aliphatic heterocycles. The van der Waals surface area contributed by atoms with Crippen LogP contribution in [0.5, 0.6) is 0 Å². The molecule has 2 heterocycles. The molecule has 0 radical (unpaired) electrons. The molecule has 0 saturated carbocycles. The molecule has 0 spiro atoms. The van der Waals surface area contributed by atoms with E-state index >= 15 is 0 Å². The van der Waals surface area contributed by atoms with Crippen molar-refractivity contribution in [2.75, 3.05) is 25.0 Å². The first-order valence-electron chi connectivity index (χ1n) is 6.22. The van der Waals surface area contributed by atoms with Crippen molar-refractivity contribution in [3.8, 4) is 6.07 Å². The van der Waals surface area contributed by atoms with Gasteiger partial charge in [0.15, 0.2) is 0 Å². The molecule has 19 heavy (non-hydrogen) atoms. The molecular formula is C13H17N3O2S. The highest BCUT2D eigenvalue weighted by molar-refractivity contribution is 7.14. The molecule has 1 unspecified atom stereocenters. The van der Waals surface area contributed by atoms with E-state index in [9.17, 15) is 9.90 Å². The summed E-state index contributed by atoms with van der Waals surface area (Å²) in [6, 6.07) is 3.73. The summed E-state index contributed by atoms with van der Waals surface area (Å²) < 4.78 is 0. The number of aliphatic hydroxyl groups is 1. The van der Waals surface area contributed by atoms with Crippen LogP contribution in [-0.2, 0) is 4.79 Å². The number of amides is 1. The van der Waals surface area contributed by atoms with Gasteiger partial charge in [-0.1, -0.05) is 0 Å². The van der Waals surface area contributed by atoms with Crippen LogP contribution in [0.2, 0.25) is 0 Å². The van der Waals surface area contributed by atoms with Gasteiger partial charge in [0.2, 0.25) is 5.91 Å². The van der Waals surface area contributed by atoms with Crippen LogP contribution in [0.3, 0.4) is 0 Å². The number of nitriles is 1. The van der Waals surface area contributed by atoms with Crippen molar-refractivity contribution >= 4 is 22.2 Å². The number of anilines is 1. The summed E-state index contributed by atoms with van der Waals surface area (Å²) in [5.74, 6) is -0.0921. The number of hydrogen-bond acceptors (Lipinski definition) is 5. The molecule has 102 valence electrons. The third-order valence-corrected chi connectivity index (χ3v) is 4.05. The molecule has 0 bridgehead atoms. The zero-order valence-corrected chi connectivity index (χ0v) is 11.7. The number of rotatable bonds is 4. The van der Waals surface area contributed by atoms with Crippen LogP contribution in [0.4, 0.5) is 5.00 Å². The molecule has 1 fully saturated rings. The molecule has 1 aromatic rings. The quantitative estimate of drug-likeness (QED) is 0.873. The Morgan fingerprint density at radius 2 is 2.53 bits per heavy atom.